The Kier molecular flexibility index (Phi) is 2.07. The summed E-state index contributed by atoms with van der Waals surface area (Å²) < 4.78 is 0.773. The van der Waals surface area contributed by atoms with Crippen LogP contribution >= 0.6 is 11.8 Å². The van der Waals surface area contributed by atoms with E-state index in [2.05, 4.69) is 22.0 Å². The molecular weight excluding hydrogens is 180 g/mol. The number of hydrogen-bond acceptors (Lipinski definition) is 3. The summed E-state index contributed by atoms with van der Waals surface area (Å²) in [5, 5.41) is 3.43. The van der Waals surface area contributed by atoms with E-state index in [1.165, 1.54) is 51.2 Å². The molecule has 74 valence electrons. The fraction of sp³-hybridized carbons (Fsp3) is 1.00. The summed E-state index contributed by atoms with van der Waals surface area (Å²) in [6.07, 6.45) is 4.48. The molecule has 1 spiro atoms. The SMILES string of the molecule is C1CN(C2CSC3(CC3)C2)CCN1. The molecule has 13 heavy (non-hydrogen) atoms. The molecule has 0 aromatic heterocycles. The van der Waals surface area contributed by atoms with Gasteiger partial charge in [-0.3, -0.25) is 4.90 Å². The molecule has 3 aliphatic rings. The van der Waals surface area contributed by atoms with Crippen molar-refractivity contribution in [1.29, 1.82) is 0 Å². The summed E-state index contributed by atoms with van der Waals surface area (Å²) >= 11 is 2.25. The Labute approximate surface area is 84.4 Å². The molecule has 2 aliphatic heterocycles. The van der Waals surface area contributed by atoms with E-state index in [1.807, 2.05) is 0 Å². The van der Waals surface area contributed by atoms with Gasteiger partial charge in [0.15, 0.2) is 0 Å². The topological polar surface area (TPSA) is 15.3 Å². The van der Waals surface area contributed by atoms with Crippen molar-refractivity contribution in [2.75, 3.05) is 31.9 Å². The lowest BCUT2D eigenvalue weighted by atomic mass is 10.1. The van der Waals surface area contributed by atoms with Gasteiger partial charge in [0.05, 0.1) is 0 Å². The first-order valence-corrected chi connectivity index (χ1v) is 6.45. The third kappa shape index (κ3) is 1.62. The van der Waals surface area contributed by atoms with Gasteiger partial charge in [-0.05, 0) is 19.3 Å². The van der Waals surface area contributed by atoms with E-state index in [1.54, 1.807) is 0 Å². The van der Waals surface area contributed by atoms with Crippen molar-refractivity contribution in [2.24, 2.45) is 0 Å². The first-order chi connectivity index (χ1) is 6.38. The average molecular weight is 198 g/mol. The summed E-state index contributed by atoms with van der Waals surface area (Å²) in [7, 11) is 0. The Balaban J connectivity index is 1.59. The van der Waals surface area contributed by atoms with Gasteiger partial charge in [-0.2, -0.15) is 11.8 Å². The smallest absolute Gasteiger partial charge is 0.0200 e. The van der Waals surface area contributed by atoms with Gasteiger partial charge in [-0.15, -0.1) is 0 Å². The molecule has 3 heteroatoms. The van der Waals surface area contributed by atoms with Crippen molar-refractivity contribution in [2.45, 2.75) is 30.1 Å². The fourth-order valence-electron chi connectivity index (χ4n) is 2.59. The second kappa shape index (κ2) is 3.14. The number of nitrogens with zero attached hydrogens (tertiary/aromatic N) is 1. The molecule has 0 aromatic carbocycles. The molecule has 2 nitrogen and oxygen atoms in total. The fourth-order valence-corrected chi connectivity index (χ4v) is 4.17. The van der Waals surface area contributed by atoms with Crippen LogP contribution in [0.2, 0.25) is 0 Å². The lowest BCUT2D eigenvalue weighted by molar-refractivity contribution is 0.183. The Bertz CT molecular complexity index is 197. The molecule has 2 saturated heterocycles. The molecule has 1 aliphatic carbocycles. The highest BCUT2D eigenvalue weighted by atomic mass is 32.2. The van der Waals surface area contributed by atoms with Gasteiger partial charge in [0.25, 0.3) is 0 Å². The van der Waals surface area contributed by atoms with Crippen LogP contribution in [0.1, 0.15) is 19.3 Å². The molecule has 1 atom stereocenters. The normalized spacial score (nSPS) is 38.3. The molecule has 1 saturated carbocycles. The molecule has 0 radical (unpaired) electrons. The Morgan fingerprint density at radius 1 is 1.23 bits per heavy atom. The van der Waals surface area contributed by atoms with Crippen LogP contribution < -0.4 is 5.32 Å². The first-order valence-electron chi connectivity index (χ1n) is 5.47. The second-order valence-corrected chi connectivity index (χ2v) is 6.13. The van der Waals surface area contributed by atoms with Crippen LogP contribution in [0.3, 0.4) is 0 Å². The largest absolute Gasteiger partial charge is 0.314 e. The van der Waals surface area contributed by atoms with Crippen molar-refractivity contribution in [3.05, 3.63) is 0 Å². The number of thioether (sulfide) groups is 1. The van der Waals surface area contributed by atoms with E-state index >= 15 is 0 Å². The van der Waals surface area contributed by atoms with Crippen molar-refractivity contribution in [3.8, 4) is 0 Å². The van der Waals surface area contributed by atoms with Gasteiger partial charge in [0.2, 0.25) is 0 Å². The minimum absolute atomic E-state index is 0.773. The molecule has 3 rings (SSSR count). The van der Waals surface area contributed by atoms with Crippen LogP contribution in [0.5, 0.6) is 0 Å². The van der Waals surface area contributed by atoms with Crippen LogP contribution in [0.25, 0.3) is 0 Å². The molecular formula is C10H18N2S. The molecule has 3 fully saturated rings. The van der Waals surface area contributed by atoms with Gasteiger partial charge in [-0.1, -0.05) is 0 Å². The van der Waals surface area contributed by atoms with E-state index in [9.17, 15) is 0 Å². The highest BCUT2D eigenvalue weighted by molar-refractivity contribution is 8.01. The van der Waals surface area contributed by atoms with Gasteiger partial charge >= 0.3 is 0 Å². The predicted molar refractivity (Wildman–Crippen MR) is 57.3 cm³/mol. The third-order valence-electron chi connectivity index (χ3n) is 3.67. The third-order valence-corrected chi connectivity index (χ3v) is 5.40. The predicted octanol–water partition coefficient (Wildman–Crippen LogP) is 0.930. The Morgan fingerprint density at radius 2 is 2.00 bits per heavy atom. The van der Waals surface area contributed by atoms with Gasteiger partial charge < -0.3 is 5.32 Å². The second-order valence-electron chi connectivity index (χ2n) is 4.64. The zero-order chi connectivity index (χ0) is 8.73. The maximum Gasteiger partial charge on any atom is 0.0200 e. The highest BCUT2D eigenvalue weighted by Crippen LogP contribution is 2.57. The van der Waals surface area contributed by atoms with Crippen LogP contribution in [0.15, 0.2) is 0 Å². The summed E-state index contributed by atoms with van der Waals surface area (Å²) in [6.45, 7) is 4.96. The maximum atomic E-state index is 3.43. The minimum atomic E-state index is 0.773. The van der Waals surface area contributed by atoms with Crippen molar-refractivity contribution < 1.29 is 0 Å². The summed E-state index contributed by atoms with van der Waals surface area (Å²) in [5.41, 5.74) is 0. The zero-order valence-electron chi connectivity index (χ0n) is 8.09. The van der Waals surface area contributed by atoms with Gasteiger partial charge in [0.1, 0.15) is 0 Å². The molecule has 2 heterocycles. The van der Waals surface area contributed by atoms with E-state index in [0.717, 1.165) is 10.8 Å². The zero-order valence-corrected chi connectivity index (χ0v) is 8.91. The number of rotatable bonds is 1. The van der Waals surface area contributed by atoms with Crippen molar-refractivity contribution in [3.63, 3.8) is 0 Å². The maximum absolute atomic E-state index is 3.43. The number of piperazine rings is 1. The van der Waals surface area contributed by atoms with E-state index in [0.29, 0.717) is 0 Å². The molecule has 0 amide bonds. The van der Waals surface area contributed by atoms with E-state index in [4.69, 9.17) is 0 Å². The molecule has 0 bridgehead atoms. The lowest BCUT2D eigenvalue weighted by Crippen LogP contribution is -2.48. The quantitative estimate of drug-likeness (QED) is 0.675. The van der Waals surface area contributed by atoms with E-state index < -0.39 is 0 Å². The minimum Gasteiger partial charge on any atom is -0.314 e. The van der Waals surface area contributed by atoms with Crippen molar-refractivity contribution in [1.82, 2.24) is 10.2 Å². The summed E-state index contributed by atoms with van der Waals surface area (Å²) in [5.74, 6) is 1.40. The summed E-state index contributed by atoms with van der Waals surface area (Å²) in [6, 6.07) is 0.912. The average Bonchev–Trinajstić information content (AvgIpc) is 2.78. The van der Waals surface area contributed by atoms with Crippen LogP contribution in [-0.2, 0) is 0 Å². The van der Waals surface area contributed by atoms with Gasteiger partial charge in [-0.25, -0.2) is 0 Å². The lowest BCUT2D eigenvalue weighted by Gasteiger charge is -2.32. The highest BCUT2D eigenvalue weighted by Gasteiger charge is 2.50. The van der Waals surface area contributed by atoms with Crippen LogP contribution in [0.4, 0.5) is 0 Å². The summed E-state index contributed by atoms with van der Waals surface area (Å²) in [4.78, 5) is 2.70. The molecule has 1 N–H and O–H groups in total. The van der Waals surface area contributed by atoms with E-state index in [-0.39, 0.29) is 0 Å². The van der Waals surface area contributed by atoms with Gasteiger partial charge in [0, 0.05) is 42.7 Å². The first kappa shape index (κ1) is 8.57. The molecule has 0 aromatic rings. The van der Waals surface area contributed by atoms with Crippen LogP contribution in [-0.4, -0.2) is 47.6 Å². The van der Waals surface area contributed by atoms with Crippen LogP contribution in [0, 0.1) is 0 Å². The Morgan fingerprint density at radius 3 is 2.62 bits per heavy atom. The standard InChI is InChI=1S/C10H18N2S/c1-2-10(1)7-9(8-13-10)12-5-3-11-4-6-12/h9,11H,1-8H2. The van der Waals surface area contributed by atoms with Crippen molar-refractivity contribution >= 4 is 11.8 Å². The number of hydrogen-bond donors (Lipinski definition) is 1. The Hall–Kier alpha value is 0.270. The molecule has 1 unspecified atom stereocenters. The number of nitrogens with one attached hydrogen (secondary N) is 1. The monoisotopic (exact) mass is 198 g/mol.